The van der Waals surface area contributed by atoms with E-state index >= 15 is 0 Å². The number of nitrogens with one attached hydrogen (secondary N) is 1. The Labute approximate surface area is 171 Å². The van der Waals surface area contributed by atoms with Crippen molar-refractivity contribution in [3.63, 3.8) is 0 Å². The van der Waals surface area contributed by atoms with Gasteiger partial charge in [0.2, 0.25) is 0 Å². The van der Waals surface area contributed by atoms with Gasteiger partial charge >= 0.3 is 0 Å². The van der Waals surface area contributed by atoms with Crippen LogP contribution in [0.2, 0.25) is 0 Å². The van der Waals surface area contributed by atoms with Crippen LogP contribution < -0.4 is 5.73 Å². The van der Waals surface area contributed by atoms with Gasteiger partial charge in [-0.15, -0.1) is 0 Å². The maximum absolute atomic E-state index is 13.4. The Bertz CT molecular complexity index is 981. The normalized spacial score (nSPS) is 11.0. The highest BCUT2D eigenvalue weighted by Crippen LogP contribution is 2.31. The maximum atomic E-state index is 13.4. The van der Waals surface area contributed by atoms with Crippen LogP contribution >= 0.6 is 0 Å². The molecule has 1 heterocycles. The van der Waals surface area contributed by atoms with Crippen LogP contribution in [0.3, 0.4) is 0 Å². The smallest absolute Gasteiger partial charge is 0.295 e. The van der Waals surface area contributed by atoms with E-state index in [0.717, 1.165) is 42.1 Å². The number of nitrogens with two attached hydrogens (primary N) is 1. The number of fused-ring (bicyclic) bond motifs is 1. The van der Waals surface area contributed by atoms with Gasteiger partial charge in [0, 0.05) is 29.7 Å². The molecule has 0 aliphatic rings. The number of aromatic nitrogens is 1. The number of para-hydroxylation sites is 1. The van der Waals surface area contributed by atoms with Crippen molar-refractivity contribution in [3.8, 4) is 11.3 Å². The van der Waals surface area contributed by atoms with Gasteiger partial charge in [-0.25, -0.2) is 0 Å². The molecule has 5 nitrogen and oxygen atoms in total. The number of hydrogen-bond acceptors (Lipinski definition) is 3. The molecular formula is C24H29N3O2. The molecule has 0 radical (unpaired) electrons. The van der Waals surface area contributed by atoms with Crippen molar-refractivity contribution >= 4 is 28.3 Å². The minimum Gasteiger partial charge on any atom is -0.399 e. The number of benzene rings is 2. The van der Waals surface area contributed by atoms with E-state index in [-0.39, 0.29) is 0 Å². The van der Waals surface area contributed by atoms with Crippen LogP contribution in [-0.4, -0.2) is 34.7 Å². The zero-order valence-corrected chi connectivity index (χ0v) is 17.2. The largest absolute Gasteiger partial charge is 0.399 e. The summed E-state index contributed by atoms with van der Waals surface area (Å²) < 4.78 is 0. The summed E-state index contributed by atoms with van der Waals surface area (Å²) in [6.07, 6.45) is 3.74. The van der Waals surface area contributed by atoms with Crippen LogP contribution in [0.4, 0.5) is 5.69 Å². The fraction of sp³-hybridized carbons (Fsp3) is 0.333. The topological polar surface area (TPSA) is 79.2 Å². The lowest BCUT2D eigenvalue weighted by atomic mass is 10.0. The molecule has 3 rings (SSSR count). The molecule has 1 aromatic heterocycles. The van der Waals surface area contributed by atoms with E-state index in [0.29, 0.717) is 30.0 Å². The Morgan fingerprint density at radius 2 is 1.55 bits per heavy atom. The standard InChI is InChI=1S/C24H29N3O2/c1-3-5-15-27(16-6-4-2)24(29)23(28)21-19-9-7-8-10-20(19)26-22(21)17-11-13-18(25)14-12-17/h7-14,26H,3-6,15-16,25H2,1-2H3. The highest BCUT2D eigenvalue weighted by atomic mass is 16.2. The minimum absolute atomic E-state index is 0.423. The lowest BCUT2D eigenvalue weighted by molar-refractivity contribution is -0.126. The van der Waals surface area contributed by atoms with Crippen molar-refractivity contribution in [2.45, 2.75) is 39.5 Å². The van der Waals surface area contributed by atoms with E-state index < -0.39 is 11.7 Å². The van der Waals surface area contributed by atoms with E-state index in [1.165, 1.54) is 0 Å². The van der Waals surface area contributed by atoms with Crippen molar-refractivity contribution < 1.29 is 9.59 Å². The lowest BCUT2D eigenvalue weighted by Crippen LogP contribution is -2.38. The van der Waals surface area contributed by atoms with E-state index in [1.54, 1.807) is 17.0 Å². The van der Waals surface area contributed by atoms with Gasteiger partial charge in [-0.2, -0.15) is 0 Å². The first kappa shape index (κ1) is 20.6. The molecule has 29 heavy (non-hydrogen) atoms. The van der Waals surface area contributed by atoms with Crippen LogP contribution in [0, 0.1) is 0 Å². The zero-order valence-electron chi connectivity index (χ0n) is 17.2. The Morgan fingerprint density at radius 1 is 0.931 bits per heavy atom. The SMILES string of the molecule is CCCCN(CCCC)C(=O)C(=O)c1c(-c2ccc(N)cc2)[nH]c2ccccc12. The second kappa shape index (κ2) is 9.41. The third kappa shape index (κ3) is 4.50. The fourth-order valence-electron chi connectivity index (χ4n) is 3.51. The second-order valence-electron chi connectivity index (χ2n) is 7.37. The number of H-pyrrole nitrogens is 1. The molecule has 1 amide bonds. The molecule has 5 heteroatoms. The number of nitrogen functional groups attached to an aromatic ring is 1. The molecule has 3 aromatic rings. The highest BCUT2D eigenvalue weighted by molar-refractivity contribution is 6.46. The molecule has 0 atom stereocenters. The monoisotopic (exact) mass is 391 g/mol. The number of aromatic amines is 1. The van der Waals surface area contributed by atoms with Gasteiger partial charge < -0.3 is 15.6 Å². The lowest BCUT2D eigenvalue weighted by Gasteiger charge is -2.21. The van der Waals surface area contributed by atoms with Gasteiger partial charge in [0.1, 0.15) is 0 Å². The highest BCUT2D eigenvalue weighted by Gasteiger charge is 2.28. The summed E-state index contributed by atoms with van der Waals surface area (Å²) in [6.45, 7) is 5.40. The van der Waals surface area contributed by atoms with Crippen LogP contribution in [0.25, 0.3) is 22.2 Å². The van der Waals surface area contributed by atoms with Gasteiger partial charge in [-0.3, -0.25) is 9.59 Å². The predicted octanol–water partition coefficient (Wildman–Crippen LogP) is 5.03. The molecule has 0 fully saturated rings. The number of unbranched alkanes of at least 4 members (excludes halogenated alkanes) is 2. The molecule has 3 N–H and O–H groups in total. The van der Waals surface area contributed by atoms with E-state index in [2.05, 4.69) is 18.8 Å². The third-order valence-corrected chi connectivity index (χ3v) is 5.18. The summed E-state index contributed by atoms with van der Waals surface area (Å²) in [4.78, 5) is 31.6. The average molecular weight is 392 g/mol. The van der Waals surface area contributed by atoms with Gasteiger partial charge in [0.25, 0.3) is 11.7 Å². The zero-order chi connectivity index (χ0) is 20.8. The molecule has 0 spiro atoms. The van der Waals surface area contributed by atoms with Crippen LogP contribution in [0.15, 0.2) is 48.5 Å². The first-order valence-electron chi connectivity index (χ1n) is 10.4. The summed E-state index contributed by atoms with van der Waals surface area (Å²) in [5.41, 5.74) is 9.24. The fourth-order valence-corrected chi connectivity index (χ4v) is 3.51. The number of rotatable bonds is 9. The number of ketones is 1. The first-order valence-corrected chi connectivity index (χ1v) is 10.4. The predicted molar refractivity (Wildman–Crippen MR) is 119 cm³/mol. The van der Waals surface area contributed by atoms with E-state index in [1.807, 2.05) is 36.4 Å². The van der Waals surface area contributed by atoms with E-state index in [9.17, 15) is 9.59 Å². The molecule has 0 unspecified atom stereocenters. The van der Waals surface area contributed by atoms with Crippen LogP contribution in [-0.2, 0) is 4.79 Å². The van der Waals surface area contributed by atoms with Crippen molar-refractivity contribution in [1.82, 2.24) is 9.88 Å². The Morgan fingerprint density at radius 3 is 2.17 bits per heavy atom. The number of carbonyl (C=O) groups excluding carboxylic acids is 2. The number of carbonyl (C=O) groups is 2. The Balaban J connectivity index is 2.04. The number of anilines is 1. The van der Waals surface area contributed by atoms with Gasteiger partial charge in [0.15, 0.2) is 0 Å². The second-order valence-corrected chi connectivity index (χ2v) is 7.37. The summed E-state index contributed by atoms with van der Waals surface area (Å²) in [7, 11) is 0. The third-order valence-electron chi connectivity index (χ3n) is 5.18. The van der Waals surface area contributed by atoms with Crippen LogP contribution in [0.1, 0.15) is 49.9 Å². The molecular weight excluding hydrogens is 362 g/mol. The van der Waals surface area contributed by atoms with Gasteiger partial charge in [-0.05, 0) is 36.6 Å². The quantitative estimate of drug-likeness (QED) is 0.305. The van der Waals surface area contributed by atoms with Gasteiger partial charge in [-0.1, -0.05) is 57.0 Å². The summed E-state index contributed by atoms with van der Waals surface area (Å²) >= 11 is 0. The number of nitrogens with zero attached hydrogens (tertiary/aromatic N) is 1. The number of amides is 1. The average Bonchev–Trinajstić information content (AvgIpc) is 3.13. The van der Waals surface area contributed by atoms with Crippen molar-refractivity contribution in [2.75, 3.05) is 18.8 Å². The van der Waals surface area contributed by atoms with Crippen molar-refractivity contribution in [2.24, 2.45) is 0 Å². The Hall–Kier alpha value is -3.08. The van der Waals surface area contributed by atoms with Crippen LogP contribution in [0.5, 0.6) is 0 Å². The summed E-state index contributed by atoms with van der Waals surface area (Å²) in [5.74, 6) is -0.880. The molecule has 0 saturated carbocycles. The molecule has 0 saturated heterocycles. The minimum atomic E-state index is -0.457. The van der Waals surface area contributed by atoms with E-state index in [4.69, 9.17) is 5.73 Å². The first-order chi connectivity index (χ1) is 14.1. The van der Waals surface area contributed by atoms with Crippen molar-refractivity contribution in [1.29, 1.82) is 0 Å². The molecule has 0 aliphatic heterocycles. The summed E-state index contributed by atoms with van der Waals surface area (Å²) in [5, 5.41) is 0.767. The maximum Gasteiger partial charge on any atom is 0.295 e. The molecule has 0 aliphatic carbocycles. The van der Waals surface area contributed by atoms with Gasteiger partial charge in [0.05, 0.1) is 11.3 Å². The summed E-state index contributed by atoms with van der Waals surface area (Å²) in [6, 6.07) is 14.9. The molecule has 2 aromatic carbocycles. The molecule has 152 valence electrons. The molecule has 0 bridgehead atoms. The number of hydrogen-bond donors (Lipinski definition) is 2. The van der Waals surface area contributed by atoms with Crippen molar-refractivity contribution in [3.05, 3.63) is 54.1 Å². The Kier molecular flexibility index (Phi) is 6.70. The number of Topliss-reactive ketones (excluding diaryl/α,β-unsaturated/α-hetero) is 1.